The van der Waals surface area contributed by atoms with Gasteiger partial charge in [0, 0.05) is 25.2 Å². The first-order chi connectivity index (χ1) is 16.3. The topological polar surface area (TPSA) is 109 Å². The highest BCUT2D eigenvalue weighted by Gasteiger charge is 2.31. The largest absolute Gasteiger partial charge is 0.468 e. The van der Waals surface area contributed by atoms with Gasteiger partial charge in [0.1, 0.15) is 5.76 Å². The SMILES string of the molecule is CCCCNC(=O)C1CCC(C)N(C(=O)/C=C/c2ccc(S(=O)(=O)NCc3ccco3)cc2)C1. The van der Waals surface area contributed by atoms with E-state index in [0.717, 1.165) is 25.7 Å². The number of carbonyl (C=O) groups is 2. The Bertz CT molecular complexity index is 1080. The molecular formula is C25H33N3O5S. The summed E-state index contributed by atoms with van der Waals surface area (Å²) in [6.07, 6.45) is 8.14. The second-order valence-corrected chi connectivity index (χ2v) is 10.3. The molecule has 9 heteroatoms. The molecule has 0 radical (unpaired) electrons. The molecular weight excluding hydrogens is 454 g/mol. The summed E-state index contributed by atoms with van der Waals surface area (Å²) in [6, 6.07) is 9.73. The molecule has 1 aliphatic rings. The molecule has 2 heterocycles. The summed E-state index contributed by atoms with van der Waals surface area (Å²) >= 11 is 0. The van der Waals surface area contributed by atoms with Gasteiger partial charge in [-0.25, -0.2) is 13.1 Å². The molecule has 2 unspecified atom stereocenters. The van der Waals surface area contributed by atoms with Gasteiger partial charge >= 0.3 is 0 Å². The third-order valence-electron chi connectivity index (χ3n) is 5.99. The molecule has 2 aromatic rings. The number of nitrogens with zero attached hydrogens (tertiary/aromatic N) is 1. The lowest BCUT2D eigenvalue weighted by Crippen LogP contribution is -2.49. The average molecular weight is 488 g/mol. The molecule has 2 amide bonds. The van der Waals surface area contributed by atoms with E-state index in [2.05, 4.69) is 17.0 Å². The summed E-state index contributed by atoms with van der Waals surface area (Å²) < 4.78 is 32.5. The Hall–Kier alpha value is -2.91. The van der Waals surface area contributed by atoms with Gasteiger partial charge in [-0.15, -0.1) is 0 Å². The van der Waals surface area contributed by atoms with Gasteiger partial charge in [0.15, 0.2) is 0 Å². The normalized spacial score (nSPS) is 18.8. The maximum atomic E-state index is 12.8. The lowest BCUT2D eigenvalue weighted by Gasteiger charge is -2.36. The third kappa shape index (κ3) is 7.04. The molecule has 1 fully saturated rings. The molecule has 34 heavy (non-hydrogen) atoms. The van der Waals surface area contributed by atoms with Crippen LogP contribution in [-0.2, 0) is 26.2 Å². The zero-order chi connectivity index (χ0) is 24.6. The number of likely N-dealkylation sites (tertiary alicyclic amines) is 1. The van der Waals surface area contributed by atoms with Crippen LogP contribution >= 0.6 is 0 Å². The molecule has 0 bridgehead atoms. The smallest absolute Gasteiger partial charge is 0.246 e. The number of piperidine rings is 1. The number of amides is 2. The van der Waals surface area contributed by atoms with Crippen molar-refractivity contribution in [1.82, 2.24) is 14.9 Å². The second-order valence-electron chi connectivity index (χ2n) is 8.56. The molecule has 0 spiro atoms. The number of hydrogen-bond donors (Lipinski definition) is 2. The van der Waals surface area contributed by atoms with Gasteiger partial charge in [0.2, 0.25) is 21.8 Å². The maximum absolute atomic E-state index is 12.8. The van der Waals surface area contributed by atoms with E-state index in [4.69, 9.17) is 4.42 Å². The van der Waals surface area contributed by atoms with Crippen molar-refractivity contribution in [2.75, 3.05) is 13.1 Å². The quantitative estimate of drug-likeness (QED) is 0.395. The summed E-state index contributed by atoms with van der Waals surface area (Å²) in [5.41, 5.74) is 0.705. The van der Waals surface area contributed by atoms with Crippen LogP contribution in [0.4, 0.5) is 0 Å². The van der Waals surface area contributed by atoms with Gasteiger partial charge < -0.3 is 14.6 Å². The summed E-state index contributed by atoms with van der Waals surface area (Å²) in [5, 5.41) is 2.97. The van der Waals surface area contributed by atoms with Crippen molar-refractivity contribution in [2.24, 2.45) is 5.92 Å². The van der Waals surface area contributed by atoms with Crippen LogP contribution in [0.2, 0.25) is 0 Å². The molecule has 184 valence electrons. The van der Waals surface area contributed by atoms with Gasteiger partial charge in [-0.2, -0.15) is 0 Å². The Morgan fingerprint density at radius 3 is 2.62 bits per heavy atom. The van der Waals surface area contributed by atoms with Crippen LogP contribution in [0.25, 0.3) is 6.08 Å². The monoisotopic (exact) mass is 487 g/mol. The van der Waals surface area contributed by atoms with Crippen molar-refractivity contribution in [3.05, 3.63) is 60.1 Å². The number of hydrogen-bond acceptors (Lipinski definition) is 5. The number of furan rings is 1. The Labute approximate surface area is 201 Å². The van der Waals surface area contributed by atoms with E-state index in [9.17, 15) is 18.0 Å². The Kier molecular flexibility index (Phi) is 9.06. The number of carbonyl (C=O) groups excluding carboxylic acids is 2. The van der Waals surface area contributed by atoms with Crippen molar-refractivity contribution in [2.45, 2.75) is 57.0 Å². The number of rotatable bonds is 10. The van der Waals surface area contributed by atoms with E-state index in [-0.39, 0.29) is 35.2 Å². The molecule has 1 aliphatic heterocycles. The van der Waals surface area contributed by atoms with Crippen LogP contribution in [-0.4, -0.2) is 44.3 Å². The Morgan fingerprint density at radius 1 is 1.18 bits per heavy atom. The molecule has 2 atom stereocenters. The first-order valence-corrected chi connectivity index (χ1v) is 13.2. The molecule has 8 nitrogen and oxygen atoms in total. The van der Waals surface area contributed by atoms with Crippen LogP contribution in [0, 0.1) is 5.92 Å². The van der Waals surface area contributed by atoms with E-state index in [1.807, 2.05) is 6.92 Å². The van der Waals surface area contributed by atoms with Gasteiger partial charge in [0.05, 0.1) is 23.6 Å². The van der Waals surface area contributed by atoms with Crippen molar-refractivity contribution < 1.29 is 22.4 Å². The highest BCUT2D eigenvalue weighted by atomic mass is 32.2. The lowest BCUT2D eigenvalue weighted by atomic mass is 9.92. The third-order valence-corrected chi connectivity index (χ3v) is 7.41. The summed E-state index contributed by atoms with van der Waals surface area (Å²) in [4.78, 5) is 27.1. The summed E-state index contributed by atoms with van der Waals surface area (Å²) in [6.45, 7) is 5.21. The lowest BCUT2D eigenvalue weighted by molar-refractivity contribution is -0.134. The molecule has 2 N–H and O–H groups in total. The van der Waals surface area contributed by atoms with Crippen LogP contribution in [0.5, 0.6) is 0 Å². The fourth-order valence-corrected chi connectivity index (χ4v) is 4.84. The Morgan fingerprint density at radius 2 is 1.94 bits per heavy atom. The molecule has 0 aliphatic carbocycles. The average Bonchev–Trinajstić information content (AvgIpc) is 3.36. The van der Waals surface area contributed by atoms with Gasteiger partial charge in [-0.05, 0) is 62.1 Å². The highest BCUT2D eigenvalue weighted by molar-refractivity contribution is 7.89. The predicted molar refractivity (Wildman–Crippen MR) is 130 cm³/mol. The van der Waals surface area contributed by atoms with Gasteiger partial charge in [0.25, 0.3) is 0 Å². The molecule has 1 saturated heterocycles. The fourth-order valence-electron chi connectivity index (χ4n) is 3.84. The second kappa shape index (κ2) is 12.0. The van der Waals surface area contributed by atoms with E-state index in [1.54, 1.807) is 35.2 Å². The molecule has 3 rings (SSSR count). The van der Waals surface area contributed by atoms with Crippen molar-refractivity contribution in [1.29, 1.82) is 0 Å². The van der Waals surface area contributed by atoms with E-state index < -0.39 is 10.0 Å². The number of benzene rings is 1. The Balaban J connectivity index is 1.57. The summed E-state index contributed by atoms with van der Waals surface area (Å²) in [5.74, 6) is 0.188. The van der Waals surface area contributed by atoms with Crippen molar-refractivity contribution >= 4 is 27.9 Å². The maximum Gasteiger partial charge on any atom is 0.246 e. The van der Waals surface area contributed by atoms with Crippen LogP contribution < -0.4 is 10.0 Å². The number of nitrogens with one attached hydrogen (secondary N) is 2. The number of sulfonamides is 1. The van der Waals surface area contributed by atoms with E-state index >= 15 is 0 Å². The van der Waals surface area contributed by atoms with E-state index in [1.165, 1.54) is 24.5 Å². The van der Waals surface area contributed by atoms with Crippen molar-refractivity contribution in [3.8, 4) is 0 Å². The standard InChI is InChI=1S/C25H33N3O5S/c1-3-4-15-26-25(30)21-11-7-19(2)28(18-21)24(29)14-10-20-8-12-23(13-9-20)34(31,32)27-17-22-6-5-16-33-22/h5-6,8-10,12-14,16,19,21,27H,3-4,7,11,15,17-18H2,1-2H3,(H,26,30)/b14-10+. The molecule has 0 saturated carbocycles. The zero-order valence-electron chi connectivity index (χ0n) is 19.7. The van der Waals surface area contributed by atoms with Crippen LogP contribution in [0.15, 0.2) is 58.1 Å². The first-order valence-electron chi connectivity index (χ1n) is 11.7. The van der Waals surface area contributed by atoms with E-state index in [0.29, 0.717) is 24.4 Å². The molecule has 1 aromatic heterocycles. The molecule has 1 aromatic carbocycles. The minimum absolute atomic E-state index is 0.0135. The minimum Gasteiger partial charge on any atom is -0.468 e. The van der Waals surface area contributed by atoms with Crippen LogP contribution in [0.1, 0.15) is 50.9 Å². The highest BCUT2D eigenvalue weighted by Crippen LogP contribution is 2.23. The fraction of sp³-hybridized carbons (Fsp3) is 0.440. The van der Waals surface area contributed by atoms with Gasteiger partial charge in [-0.1, -0.05) is 25.5 Å². The minimum atomic E-state index is -3.68. The first kappa shape index (κ1) is 25.7. The zero-order valence-corrected chi connectivity index (χ0v) is 20.5. The van der Waals surface area contributed by atoms with Crippen molar-refractivity contribution in [3.63, 3.8) is 0 Å². The number of unbranched alkanes of at least 4 members (excludes halogenated alkanes) is 1. The predicted octanol–water partition coefficient (Wildman–Crippen LogP) is 3.31. The summed E-state index contributed by atoms with van der Waals surface area (Å²) in [7, 11) is -3.68. The van der Waals surface area contributed by atoms with Gasteiger partial charge in [-0.3, -0.25) is 9.59 Å². The van der Waals surface area contributed by atoms with Crippen LogP contribution in [0.3, 0.4) is 0 Å².